The Hall–Kier alpha value is -3.23. The van der Waals surface area contributed by atoms with Gasteiger partial charge in [0.05, 0.1) is 0 Å². The molecule has 0 radical (unpaired) electrons. The number of rotatable bonds is 8. The molecule has 0 aliphatic heterocycles. The predicted octanol–water partition coefficient (Wildman–Crippen LogP) is 5.11. The molecule has 0 spiro atoms. The third kappa shape index (κ3) is 4.66. The molecule has 0 aliphatic carbocycles. The first-order valence-electron chi connectivity index (χ1n) is 9.75. The first kappa shape index (κ1) is 22.0. The van der Waals surface area contributed by atoms with Crippen molar-refractivity contribution in [2.75, 3.05) is 0 Å². The SMILES string of the molecule is C=CCn1c(COc2ccc(Cl)cc2)nnc1SCc1cc(=O)oc2c(C)c(O)ccc12. The van der Waals surface area contributed by atoms with Crippen LogP contribution in [-0.2, 0) is 18.9 Å². The molecule has 0 aliphatic rings. The van der Waals surface area contributed by atoms with Gasteiger partial charge < -0.3 is 14.3 Å². The number of benzene rings is 2. The molecule has 4 aromatic rings. The third-order valence-electron chi connectivity index (χ3n) is 4.86. The molecule has 0 bridgehead atoms. The van der Waals surface area contributed by atoms with Gasteiger partial charge in [0.1, 0.15) is 23.7 Å². The van der Waals surface area contributed by atoms with E-state index in [2.05, 4.69) is 16.8 Å². The molecule has 0 saturated heterocycles. The Kier molecular flexibility index (Phi) is 6.53. The predicted molar refractivity (Wildman–Crippen MR) is 124 cm³/mol. The quantitative estimate of drug-likeness (QED) is 0.218. The number of fused-ring (bicyclic) bond motifs is 1. The van der Waals surface area contributed by atoms with Crippen molar-refractivity contribution in [3.63, 3.8) is 0 Å². The summed E-state index contributed by atoms with van der Waals surface area (Å²) in [6.45, 7) is 6.28. The van der Waals surface area contributed by atoms with Crippen molar-refractivity contribution in [3.05, 3.63) is 87.5 Å². The molecule has 7 nitrogen and oxygen atoms in total. The van der Waals surface area contributed by atoms with Crippen LogP contribution in [0.5, 0.6) is 11.5 Å². The number of hydrogen-bond donors (Lipinski definition) is 1. The second kappa shape index (κ2) is 9.50. The summed E-state index contributed by atoms with van der Waals surface area (Å²) in [6.07, 6.45) is 1.76. The second-order valence-corrected chi connectivity index (χ2v) is 8.39. The standard InChI is InChI=1S/C23H20ClN3O4S/c1-3-10-27-20(12-30-17-6-4-16(24)5-7-17)25-26-23(27)32-13-15-11-21(29)31-22-14(2)19(28)9-8-18(15)22/h3-9,11,28H,1,10,12-13H2,2H3. The van der Waals surface area contributed by atoms with Crippen LogP contribution >= 0.6 is 23.4 Å². The third-order valence-corrected chi connectivity index (χ3v) is 6.13. The first-order valence-corrected chi connectivity index (χ1v) is 11.1. The number of allylic oxidation sites excluding steroid dienone is 1. The van der Waals surface area contributed by atoms with Gasteiger partial charge >= 0.3 is 5.63 Å². The smallest absolute Gasteiger partial charge is 0.336 e. The van der Waals surface area contributed by atoms with Crippen molar-refractivity contribution in [2.24, 2.45) is 0 Å². The zero-order chi connectivity index (χ0) is 22.7. The fourth-order valence-electron chi connectivity index (χ4n) is 3.20. The number of phenolic OH excluding ortho intramolecular Hbond substituents is 1. The van der Waals surface area contributed by atoms with Gasteiger partial charge in [0.2, 0.25) is 0 Å². The van der Waals surface area contributed by atoms with E-state index in [-0.39, 0.29) is 12.4 Å². The number of phenols is 1. The highest BCUT2D eigenvalue weighted by molar-refractivity contribution is 7.98. The van der Waals surface area contributed by atoms with E-state index in [1.165, 1.54) is 17.8 Å². The lowest BCUT2D eigenvalue weighted by Gasteiger charge is -2.10. The Morgan fingerprint density at radius 3 is 2.78 bits per heavy atom. The molecule has 0 fully saturated rings. The van der Waals surface area contributed by atoms with Crippen molar-refractivity contribution in [2.45, 2.75) is 31.0 Å². The van der Waals surface area contributed by atoms with Crippen molar-refractivity contribution < 1.29 is 14.3 Å². The first-order chi connectivity index (χ1) is 15.5. The number of nitrogens with zero attached hydrogens (tertiary/aromatic N) is 3. The maximum Gasteiger partial charge on any atom is 0.336 e. The van der Waals surface area contributed by atoms with Gasteiger partial charge in [-0.05, 0) is 48.9 Å². The van der Waals surface area contributed by atoms with Crippen LogP contribution in [0.3, 0.4) is 0 Å². The summed E-state index contributed by atoms with van der Waals surface area (Å²) >= 11 is 7.36. The highest BCUT2D eigenvalue weighted by Gasteiger charge is 2.15. The lowest BCUT2D eigenvalue weighted by molar-refractivity contribution is 0.289. The Morgan fingerprint density at radius 1 is 1.25 bits per heavy atom. The van der Waals surface area contributed by atoms with Crippen molar-refractivity contribution in [1.29, 1.82) is 0 Å². The number of thioether (sulfide) groups is 1. The number of aromatic hydroxyl groups is 1. The number of halogens is 1. The van der Waals surface area contributed by atoms with Crippen LogP contribution in [0.15, 0.2) is 69.5 Å². The summed E-state index contributed by atoms with van der Waals surface area (Å²) in [5.41, 5.74) is 1.24. The zero-order valence-electron chi connectivity index (χ0n) is 17.2. The van der Waals surface area contributed by atoms with E-state index >= 15 is 0 Å². The molecule has 0 saturated carbocycles. The average molecular weight is 470 g/mol. The van der Waals surface area contributed by atoms with Gasteiger partial charge in [0.25, 0.3) is 0 Å². The molecular formula is C23H20ClN3O4S. The van der Waals surface area contributed by atoms with Gasteiger partial charge in [0, 0.05) is 34.3 Å². The van der Waals surface area contributed by atoms with Crippen LogP contribution in [0.2, 0.25) is 5.02 Å². The molecule has 164 valence electrons. The summed E-state index contributed by atoms with van der Waals surface area (Å²) in [6, 6.07) is 11.9. The molecule has 9 heteroatoms. The minimum Gasteiger partial charge on any atom is -0.508 e. The molecule has 2 aromatic carbocycles. The lowest BCUT2D eigenvalue weighted by atomic mass is 10.1. The molecule has 0 unspecified atom stereocenters. The van der Waals surface area contributed by atoms with E-state index in [4.69, 9.17) is 20.8 Å². The molecular weight excluding hydrogens is 450 g/mol. The van der Waals surface area contributed by atoms with Crippen LogP contribution in [0, 0.1) is 6.92 Å². The summed E-state index contributed by atoms with van der Waals surface area (Å²) in [4.78, 5) is 12.1. The number of ether oxygens (including phenoxy) is 1. The van der Waals surface area contributed by atoms with E-state index < -0.39 is 5.63 Å². The van der Waals surface area contributed by atoms with Gasteiger partial charge in [-0.2, -0.15) is 0 Å². The Balaban J connectivity index is 1.56. The van der Waals surface area contributed by atoms with Crippen molar-refractivity contribution >= 4 is 34.3 Å². The van der Waals surface area contributed by atoms with Gasteiger partial charge in [-0.25, -0.2) is 4.79 Å². The van der Waals surface area contributed by atoms with Crippen molar-refractivity contribution in [3.8, 4) is 11.5 Å². The number of hydrogen-bond acceptors (Lipinski definition) is 7. The largest absolute Gasteiger partial charge is 0.508 e. The molecule has 2 aromatic heterocycles. The second-order valence-electron chi connectivity index (χ2n) is 7.01. The van der Waals surface area contributed by atoms with Crippen LogP contribution in [0.25, 0.3) is 11.0 Å². The van der Waals surface area contributed by atoms with Gasteiger partial charge in [0.15, 0.2) is 11.0 Å². The summed E-state index contributed by atoms with van der Waals surface area (Å²) in [7, 11) is 0. The van der Waals surface area contributed by atoms with Crippen LogP contribution in [0.4, 0.5) is 0 Å². The van der Waals surface area contributed by atoms with E-state index in [9.17, 15) is 9.90 Å². The fourth-order valence-corrected chi connectivity index (χ4v) is 4.28. The monoisotopic (exact) mass is 469 g/mol. The summed E-state index contributed by atoms with van der Waals surface area (Å²) < 4.78 is 13.0. The molecule has 0 atom stereocenters. The average Bonchev–Trinajstić information content (AvgIpc) is 3.16. The van der Waals surface area contributed by atoms with Crippen LogP contribution in [-0.4, -0.2) is 19.9 Å². The minimum atomic E-state index is -0.466. The van der Waals surface area contributed by atoms with Crippen LogP contribution < -0.4 is 10.4 Å². The summed E-state index contributed by atoms with van der Waals surface area (Å²) in [5.74, 6) is 1.89. The number of aromatic nitrogens is 3. The van der Waals surface area contributed by atoms with Crippen molar-refractivity contribution in [1.82, 2.24) is 14.8 Å². The van der Waals surface area contributed by atoms with Gasteiger partial charge in [-0.1, -0.05) is 29.4 Å². The highest BCUT2D eigenvalue weighted by atomic mass is 35.5. The van der Waals surface area contributed by atoms with E-state index in [0.29, 0.717) is 45.2 Å². The lowest BCUT2D eigenvalue weighted by Crippen LogP contribution is -2.07. The van der Waals surface area contributed by atoms with Gasteiger partial charge in [-0.3, -0.25) is 4.57 Å². The Labute approximate surface area is 193 Å². The van der Waals surface area contributed by atoms with Crippen LogP contribution in [0.1, 0.15) is 17.0 Å². The minimum absolute atomic E-state index is 0.0847. The topological polar surface area (TPSA) is 90.4 Å². The molecule has 0 amide bonds. The zero-order valence-corrected chi connectivity index (χ0v) is 18.8. The van der Waals surface area contributed by atoms with E-state index in [1.807, 2.05) is 4.57 Å². The summed E-state index contributed by atoms with van der Waals surface area (Å²) in [5, 5.41) is 20.6. The molecule has 2 heterocycles. The normalized spacial score (nSPS) is 11.1. The Bertz CT molecular complexity index is 1330. The fraction of sp³-hybridized carbons (Fsp3) is 0.174. The van der Waals surface area contributed by atoms with E-state index in [0.717, 1.165) is 10.9 Å². The molecule has 32 heavy (non-hydrogen) atoms. The van der Waals surface area contributed by atoms with Gasteiger partial charge in [-0.15, -0.1) is 16.8 Å². The Morgan fingerprint density at radius 2 is 2.03 bits per heavy atom. The van der Waals surface area contributed by atoms with E-state index in [1.54, 1.807) is 49.4 Å². The molecule has 4 rings (SSSR count). The maximum absolute atomic E-state index is 12.1. The molecule has 1 N–H and O–H groups in total. The number of aryl methyl sites for hydroxylation is 1. The maximum atomic E-state index is 12.1. The highest BCUT2D eigenvalue weighted by Crippen LogP contribution is 2.31.